The number of carboxylic acids is 1. The molecule has 0 rings (SSSR count). The molecule has 0 aromatic rings. The fourth-order valence-electron chi connectivity index (χ4n) is 0.620. The average molecular weight is 207 g/mol. The van der Waals surface area contributed by atoms with Gasteiger partial charge in [0.25, 0.3) is 0 Å². The molecule has 0 unspecified atom stereocenters. The minimum atomic E-state index is -3.17. The normalized spacial score (nSPS) is 12.9. The van der Waals surface area contributed by atoms with Crippen LogP contribution in [0.3, 0.4) is 0 Å². The van der Waals surface area contributed by atoms with Crippen molar-refractivity contribution in [1.82, 2.24) is 4.72 Å². The van der Waals surface area contributed by atoms with Crippen LogP contribution in [0, 0.1) is 0 Å². The number of hydrogen-bond donors (Lipinski definition) is 2. The molecule has 0 aliphatic carbocycles. The maximum absolute atomic E-state index is 10.6. The van der Waals surface area contributed by atoms with Gasteiger partial charge in [0.1, 0.15) is 0 Å². The Morgan fingerprint density at radius 2 is 2.08 bits per heavy atom. The van der Waals surface area contributed by atoms with Crippen molar-refractivity contribution in [2.24, 2.45) is 0 Å². The van der Waals surface area contributed by atoms with E-state index in [1.165, 1.54) is 13.0 Å². The van der Waals surface area contributed by atoms with Gasteiger partial charge in [-0.15, -0.1) is 0 Å². The quantitative estimate of drug-likeness (QED) is 0.489. The van der Waals surface area contributed by atoms with Crippen molar-refractivity contribution in [3.8, 4) is 0 Å². The van der Waals surface area contributed by atoms with E-state index in [1.54, 1.807) is 0 Å². The molecule has 0 aliphatic heterocycles. The monoisotopic (exact) mass is 207 g/mol. The summed E-state index contributed by atoms with van der Waals surface area (Å²) in [5.74, 6) is -0.987. The van der Waals surface area contributed by atoms with Crippen LogP contribution >= 0.6 is 0 Å². The van der Waals surface area contributed by atoms with Crippen LogP contribution < -0.4 is 4.72 Å². The average Bonchev–Trinajstić information content (AvgIpc) is 1.95. The molecule has 0 saturated carbocycles. The second-order valence-electron chi connectivity index (χ2n) is 2.65. The van der Waals surface area contributed by atoms with Gasteiger partial charge in [-0.1, -0.05) is 6.08 Å². The van der Waals surface area contributed by atoms with Crippen molar-refractivity contribution in [3.63, 3.8) is 0 Å². The molecule has 0 atom stereocenters. The highest BCUT2D eigenvalue weighted by Gasteiger charge is 2.00. The smallest absolute Gasteiger partial charge is 0.330 e. The molecule has 0 spiro atoms. The standard InChI is InChI=1S/C7H13NO4S/c1-6(7(9)10)4-3-5-8-13(2,11)12/h4,8H,3,5H2,1-2H3,(H,9,10). The maximum atomic E-state index is 10.6. The van der Waals surface area contributed by atoms with Crippen molar-refractivity contribution < 1.29 is 18.3 Å². The lowest BCUT2D eigenvalue weighted by Gasteiger charge is -1.98. The number of sulfonamides is 1. The third-order valence-electron chi connectivity index (χ3n) is 1.30. The summed E-state index contributed by atoms with van der Waals surface area (Å²) in [5.41, 5.74) is 0.218. The van der Waals surface area contributed by atoms with Crippen LogP contribution in [0.1, 0.15) is 13.3 Å². The molecular formula is C7H13NO4S. The van der Waals surface area contributed by atoms with Gasteiger partial charge in [-0.3, -0.25) is 0 Å². The molecule has 0 amide bonds. The van der Waals surface area contributed by atoms with Crippen LogP contribution in [0.5, 0.6) is 0 Å². The first kappa shape index (κ1) is 12.1. The molecule has 0 fully saturated rings. The largest absolute Gasteiger partial charge is 0.478 e. The zero-order valence-corrected chi connectivity index (χ0v) is 8.39. The van der Waals surface area contributed by atoms with Crippen molar-refractivity contribution in [2.45, 2.75) is 13.3 Å². The van der Waals surface area contributed by atoms with E-state index in [-0.39, 0.29) is 12.1 Å². The maximum Gasteiger partial charge on any atom is 0.330 e. The van der Waals surface area contributed by atoms with Gasteiger partial charge in [-0.2, -0.15) is 0 Å². The minimum absolute atomic E-state index is 0.218. The van der Waals surface area contributed by atoms with Crippen LogP contribution in [-0.4, -0.2) is 32.3 Å². The summed E-state index contributed by atoms with van der Waals surface area (Å²) >= 11 is 0. The van der Waals surface area contributed by atoms with E-state index >= 15 is 0 Å². The number of carbonyl (C=O) groups is 1. The molecule has 13 heavy (non-hydrogen) atoms. The predicted molar refractivity (Wildman–Crippen MR) is 48.9 cm³/mol. The van der Waals surface area contributed by atoms with E-state index < -0.39 is 16.0 Å². The van der Waals surface area contributed by atoms with Gasteiger partial charge in [0.2, 0.25) is 10.0 Å². The molecule has 0 radical (unpaired) electrons. The summed E-state index contributed by atoms with van der Waals surface area (Å²) in [6, 6.07) is 0. The van der Waals surface area contributed by atoms with Crippen LogP contribution in [0.2, 0.25) is 0 Å². The van der Waals surface area contributed by atoms with Crippen molar-refractivity contribution >= 4 is 16.0 Å². The summed E-state index contributed by atoms with van der Waals surface area (Å²) < 4.78 is 23.4. The summed E-state index contributed by atoms with van der Waals surface area (Å²) in [7, 11) is -3.17. The van der Waals surface area contributed by atoms with Gasteiger partial charge in [0.05, 0.1) is 6.26 Å². The summed E-state index contributed by atoms with van der Waals surface area (Å²) in [4.78, 5) is 10.3. The van der Waals surface area contributed by atoms with E-state index in [2.05, 4.69) is 4.72 Å². The number of hydrogen-bond acceptors (Lipinski definition) is 3. The van der Waals surface area contributed by atoms with Crippen LogP contribution in [0.25, 0.3) is 0 Å². The Labute approximate surface area is 77.5 Å². The van der Waals surface area contributed by atoms with Crippen molar-refractivity contribution in [1.29, 1.82) is 0 Å². The molecule has 0 heterocycles. The molecule has 5 nitrogen and oxygen atoms in total. The van der Waals surface area contributed by atoms with Gasteiger partial charge in [-0.25, -0.2) is 17.9 Å². The molecule has 0 aliphatic rings. The van der Waals surface area contributed by atoms with Crippen LogP contribution in [0.4, 0.5) is 0 Å². The molecule has 0 saturated heterocycles. The SMILES string of the molecule is CC(=CCCNS(C)(=O)=O)C(=O)O. The number of aliphatic carboxylic acids is 1. The summed E-state index contributed by atoms with van der Waals surface area (Å²) in [6.07, 6.45) is 2.91. The Morgan fingerprint density at radius 1 is 1.54 bits per heavy atom. The van der Waals surface area contributed by atoms with E-state index in [0.29, 0.717) is 6.42 Å². The summed E-state index contributed by atoms with van der Waals surface area (Å²) in [6.45, 7) is 1.69. The second kappa shape index (κ2) is 4.98. The fourth-order valence-corrected chi connectivity index (χ4v) is 1.11. The van der Waals surface area contributed by atoms with Crippen molar-refractivity contribution in [2.75, 3.05) is 12.8 Å². The highest BCUT2D eigenvalue weighted by atomic mass is 32.2. The first-order valence-electron chi connectivity index (χ1n) is 3.67. The van der Waals surface area contributed by atoms with Crippen LogP contribution in [-0.2, 0) is 14.8 Å². The molecule has 6 heteroatoms. The van der Waals surface area contributed by atoms with E-state index in [0.717, 1.165) is 6.26 Å². The fraction of sp³-hybridized carbons (Fsp3) is 0.571. The zero-order chi connectivity index (χ0) is 10.5. The first-order valence-corrected chi connectivity index (χ1v) is 5.57. The lowest BCUT2D eigenvalue weighted by atomic mass is 10.2. The number of nitrogens with one attached hydrogen (secondary N) is 1. The molecule has 76 valence electrons. The van der Waals surface area contributed by atoms with Crippen LogP contribution in [0.15, 0.2) is 11.6 Å². The predicted octanol–water partition coefficient (Wildman–Crippen LogP) is -0.0434. The topological polar surface area (TPSA) is 83.5 Å². The lowest BCUT2D eigenvalue weighted by molar-refractivity contribution is -0.132. The third-order valence-corrected chi connectivity index (χ3v) is 2.02. The second-order valence-corrected chi connectivity index (χ2v) is 4.48. The van der Waals surface area contributed by atoms with Gasteiger partial charge in [0.15, 0.2) is 0 Å². The van der Waals surface area contributed by atoms with E-state index in [1.807, 2.05) is 0 Å². The van der Waals surface area contributed by atoms with Gasteiger partial charge < -0.3 is 5.11 Å². The third kappa shape index (κ3) is 7.48. The summed E-state index contributed by atoms with van der Waals surface area (Å²) in [5, 5.41) is 8.43. The molecule has 0 aromatic heterocycles. The molecule has 0 bridgehead atoms. The van der Waals surface area contributed by atoms with Gasteiger partial charge >= 0.3 is 5.97 Å². The van der Waals surface area contributed by atoms with Gasteiger partial charge in [0, 0.05) is 12.1 Å². The molecule has 2 N–H and O–H groups in total. The first-order chi connectivity index (χ1) is 5.83. The lowest BCUT2D eigenvalue weighted by Crippen LogP contribution is -2.22. The van der Waals surface area contributed by atoms with Gasteiger partial charge in [-0.05, 0) is 13.3 Å². The Kier molecular flexibility index (Phi) is 4.64. The Morgan fingerprint density at radius 3 is 2.46 bits per heavy atom. The Bertz CT molecular complexity index is 304. The molecular weight excluding hydrogens is 194 g/mol. The highest BCUT2D eigenvalue weighted by molar-refractivity contribution is 7.88. The van der Waals surface area contributed by atoms with E-state index in [4.69, 9.17) is 5.11 Å². The Hall–Kier alpha value is -0.880. The van der Waals surface area contributed by atoms with E-state index in [9.17, 15) is 13.2 Å². The van der Waals surface area contributed by atoms with Crippen molar-refractivity contribution in [3.05, 3.63) is 11.6 Å². The molecule has 0 aromatic carbocycles. The number of carboxylic acid groups (broad SMARTS) is 1. The highest BCUT2D eigenvalue weighted by Crippen LogP contribution is 1.94. The zero-order valence-electron chi connectivity index (χ0n) is 7.57. The minimum Gasteiger partial charge on any atom is -0.478 e. The number of rotatable bonds is 5. The Balaban J connectivity index is 3.81.